The molecular weight excluding hydrogens is 204 g/mol. The molecule has 0 spiro atoms. The summed E-state index contributed by atoms with van der Waals surface area (Å²) >= 11 is 0. The lowest BCUT2D eigenvalue weighted by atomic mass is 10.1. The third-order valence-corrected chi connectivity index (χ3v) is 2.90. The van der Waals surface area contributed by atoms with Crippen molar-refractivity contribution in [1.29, 1.82) is 0 Å². The molecule has 0 unspecified atom stereocenters. The van der Waals surface area contributed by atoms with Gasteiger partial charge in [0, 0.05) is 0 Å². The van der Waals surface area contributed by atoms with Crippen LogP contribution in [0.2, 0.25) is 0 Å². The maximum absolute atomic E-state index is 11.4. The summed E-state index contributed by atoms with van der Waals surface area (Å²) in [4.78, 5) is 34.1. The van der Waals surface area contributed by atoms with Crippen molar-refractivity contribution in [2.45, 2.75) is 31.0 Å². The van der Waals surface area contributed by atoms with Crippen molar-refractivity contribution in [2.24, 2.45) is 0 Å². The summed E-state index contributed by atoms with van der Waals surface area (Å²) in [5.41, 5.74) is 0. The first-order valence-corrected chi connectivity index (χ1v) is 4.57. The second-order valence-electron chi connectivity index (χ2n) is 3.67. The zero-order chi connectivity index (χ0) is 11.2. The summed E-state index contributed by atoms with van der Waals surface area (Å²) in [7, 11) is 0. The molecule has 2 fully saturated rings. The Morgan fingerprint density at radius 3 is 2.53 bits per heavy atom. The molecule has 2 saturated heterocycles. The number of amides is 2. The van der Waals surface area contributed by atoms with Gasteiger partial charge in [0.15, 0.2) is 0 Å². The Morgan fingerprint density at radius 2 is 2.00 bits per heavy atom. The highest BCUT2D eigenvalue weighted by Crippen LogP contribution is 2.30. The van der Waals surface area contributed by atoms with Gasteiger partial charge in [0.05, 0.1) is 6.04 Å². The number of fused-ring (bicyclic) bond motifs is 2. The summed E-state index contributed by atoms with van der Waals surface area (Å²) in [6.07, 6.45) is -0.428. The number of carbonyl (C=O) groups excluding carboxylic acids is 1. The fraction of sp³-hybridized carbons (Fsp3) is 0.625. The van der Waals surface area contributed by atoms with Crippen LogP contribution in [0.4, 0.5) is 4.79 Å². The average Bonchev–Trinajstić information content (AvgIpc) is 2.50. The minimum absolute atomic E-state index is 0.395. The molecule has 3 N–H and O–H groups in total. The zero-order valence-corrected chi connectivity index (χ0v) is 7.71. The van der Waals surface area contributed by atoms with Crippen molar-refractivity contribution < 1.29 is 24.6 Å². The van der Waals surface area contributed by atoms with E-state index in [1.54, 1.807) is 0 Å². The predicted octanol–water partition coefficient (Wildman–Crippen LogP) is -0.920. The van der Waals surface area contributed by atoms with Gasteiger partial charge in [-0.25, -0.2) is 9.59 Å². The SMILES string of the molecule is O=C1N[C@@H](C(=O)O)[C@@H]2CC[C@H]1N2C(=O)O. The average molecular weight is 214 g/mol. The fourth-order valence-corrected chi connectivity index (χ4v) is 2.27. The lowest BCUT2D eigenvalue weighted by Crippen LogP contribution is -2.64. The van der Waals surface area contributed by atoms with E-state index < -0.39 is 36.1 Å². The van der Waals surface area contributed by atoms with Crippen molar-refractivity contribution in [3.05, 3.63) is 0 Å². The van der Waals surface area contributed by atoms with Crippen LogP contribution >= 0.6 is 0 Å². The van der Waals surface area contributed by atoms with Crippen molar-refractivity contribution in [3.8, 4) is 0 Å². The molecule has 7 nitrogen and oxygen atoms in total. The maximum atomic E-state index is 11.4. The normalized spacial score (nSPS) is 33.7. The van der Waals surface area contributed by atoms with E-state index in [1.807, 2.05) is 0 Å². The molecule has 0 saturated carbocycles. The standard InChI is InChI=1S/C8H10N2O5/c11-6-4-2-1-3(10(4)8(14)15)5(9-6)7(12)13/h3-5H,1-2H2,(H,9,11)(H,12,13)(H,14,15)/t3-,4+,5+/m0/s1. The molecule has 3 atom stereocenters. The van der Waals surface area contributed by atoms with Crippen molar-refractivity contribution in [2.75, 3.05) is 0 Å². The van der Waals surface area contributed by atoms with Gasteiger partial charge in [0.25, 0.3) is 0 Å². The maximum Gasteiger partial charge on any atom is 0.408 e. The number of nitrogens with one attached hydrogen (secondary N) is 1. The van der Waals surface area contributed by atoms with Gasteiger partial charge in [0.2, 0.25) is 5.91 Å². The van der Waals surface area contributed by atoms with Gasteiger partial charge in [-0.05, 0) is 12.8 Å². The first kappa shape index (κ1) is 9.75. The first-order valence-electron chi connectivity index (χ1n) is 4.57. The Balaban J connectivity index is 2.32. The summed E-state index contributed by atoms with van der Waals surface area (Å²) in [5, 5.41) is 20.0. The third kappa shape index (κ3) is 1.31. The molecule has 7 heteroatoms. The van der Waals surface area contributed by atoms with Crippen LogP contribution in [0.25, 0.3) is 0 Å². The van der Waals surface area contributed by atoms with Crippen molar-refractivity contribution in [3.63, 3.8) is 0 Å². The second-order valence-corrected chi connectivity index (χ2v) is 3.67. The second kappa shape index (κ2) is 3.11. The number of piperazine rings is 1. The van der Waals surface area contributed by atoms with Crippen LogP contribution < -0.4 is 5.32 Å². The van der Waals surface area contributed by atoms with E-state index in [4.69, 9.17) is 10.2 Å². The fourth-order valence-electron chi connectivity index (χ4n) is 2.27. The minimum Gasteiger partial charge on any atom is -0.480 e. The van der Waals surface area contributed by atoms with Crippen LogP contribution in [0.1, 0.15) is 12.8 Å². The topological polar surface area (TPSA) is 107 Å². The number of rotatable bonds is 1. The quantitative estimate of drug-likeness (QED) is 0.523. The van der Waals surface area contributed by atoms with E-state index in [-0.39, 0.29) is 0 Å². The zero-order valence-electron chi connectivity index (χ0n) is 7.71. The Morgan fingerprint density at radius 1 is 1.33 bits per heavy atom. The van der Waals surface area contributed by atoms with E-state index >= 15 is 0 Å². The lowest BCUT2D eigenvalue weighted by molar-refractivity contribution is -0.146. The molecule has 15 heavy (non-hydrogen) atoms. The summed E-state index contributed by atoms with van der Waals surface area (Å²) in [5.74, 6) is -1.71. The molecule has 0 aromatic heterocycles. The number of aliphatic carboxylic acids is 1. The number of hydrogen-bond donors (Lipinski definition) is 3. The van der Waals surface area contributed by atoms with E-state index in [0.717, 1.165) is 4.90 Å². The highest BCUT2D eigenvalue weighted by Gasteiger charge is 2.51. The summed E-state index contributed by atoms with van der Waals surface area (Å²) in [6.45, 7) is 0. The molecule has 82 valence electrons. The number of carboxylic acid groups (broad SMARTS) is 2. The van der Waals surface area contributed by atoms with E-state index in [9.17, 15) is 14.4 Å². The van der Waals surface area contributed by atoms with Crippen LogP contribution in [0.3, 0.4) is 0 Å². The molecule has 0 aliphatic carbocycles. The molecule has 0 aromatic rings. The van der Waals surface area contributed by atoms with E-state index in [0.29, 0.717) is 12.8 Å². The van der Waals surface area contributed by atoms with Gasteiger partial charge >= 0.3 is 12.1 Å². The lowest BCUT2D eigenvalue weighted by Gasteiger charge is -2.35. The molecule has 2 heterocycles. The van der Waals surface area contributed by atoms with Gasteiger partial charge in [0.1, 0.15) is 12.1 Å². The summed E-state index contributed by atoms with van der Waals surface area (Å²) < 4.78 is 0. The Labute approximate surface area is 84.7 Å². The molecule has 0 aromatic carbocycles. The number of nitrogens with zero attached hydrogens (tertiary/aromatic N) is 1. The van der Waals surface area contributed by atoms with Crippen molar-refractivity contribution in [1.82, 2.24) is 10.2 Å². The highest BCUT2D eigenvalue weighted by molar-refractivity contribution is 5.92. The van der Waals surface area contributed by atoms with Crippen LogP contribution in [0.15, 0.2) is 0 Å². The van der Waals surface area contributed by atoms with Gasteiger partial charge < -0.3 is 15.5 Å². The molecule has 0 radical (unpaired) electrons. The van der Waals surface area contributed by atoms with Gasteiger partial charge in [-0.15, -0.1) is 0 Å². The van der Waals surface area contributed by atoms with E-state index in [2.05, 4.69) is 5.32 Å². The van der Waals surface area contributed by atoms with Gasteiger partial charge in [-0.1, -0.05) is 0 Å². The van der Waals surface area contributed by atoms with Crippen molar-refractivity contribution >= 4 is 18.0 Å². The first-order chi connectivity index (χ1) is 7.02. The Bertz CT molecular complexity index is 342. The van der Waals surface area contributed by atoms with Gasteiger partial charge in [-0.3, -0.25) is 9.69 Å². The minimum atomic E-state index is -1.23. The largest absolute Gasteiger partial charge is 0.480 e. The highest BCUT2D eigenvalue weighted by atomic mass is 16.4. The van der Waals surface area contributed by atoms with Crippen LogP contribution in [-0.4, -0.2) is 51.2 Å². The van der Waals surface area contributed by atoms with Gasteiger partial charge in [-0.2, -0.15) is 0 Å². The molecule has 2 bridgehead atoms. The molecule has 2 rings (SSSR count). The van der Waals surface area contributed by atoms with E-state index in [1.165, 1.54) is 0 Å². The van der Waals surface area contributed by atoms with Crippen LogP contribution in [0.5, 0.6) is 0 Å². The smallest absolute Gasteiger partial charge is 0.408 e. The number of carbonyl (C=O) groups is 3. The monoisotopic (exact) mass is 214 g/mol. The predicted molar refractivity (Wildman–Crippen MR) is 46.2 cm³/mol. The summed E-state index contributed by atoms with van der Waals surface area (Å²) in [6, 6.07) is -2.47. The van der Waals surface area contributed by atoms with Crippen LogP contribution in [0, 0.1) is 0 Å². The number of carboxylic acids is 1. The Kier molecular flexibility index (Phi) is 2.02. The number of hydrogen-bond acceptors (Lipinski definition) is 3. The molecule has 2 aliphatic heterocycles. The molecule has 2 amide bonds. The third-order valence-electron chi connectivity index (χ3n) is 2.90. The van der Waals surface area contributed by atoms with Crippen LogP contribution in [-0.2, 0) is 9.59 Å². The molecule has 2 aliphatic rings. The molecular formula is C8H10N2O5. The Hall–Kier alpha value is -1.79.